The minimum absolute atomic E-state index is 0.0281. The summed E-state index contributed by atoms with van der Waals surface area (Å²) in [7, 11) is 0. The third-order valence-electron chi connectivity index (χ3n) is 2.48. The summed E-state index contributed by atoms with van der Waals surface area (Å²) in [5.74, 6) is -0.704. The Labute approximate surface area is 91.9 Å². The molecule has 2 amide bonds. The molecule has 2 N–H and O–H groups in total. The fourth-order valence-corrected chi connectivity index (χ4v) is 1.53. The second-order valence-electron chi connectivity index (χ2n) is 3.94. The van der Waals surface area contributed by atoms with Crippen LogP contribution in [0.1, 0.15) is 41.7 Å². The Balaban J connectivity index is 2.25. The van der Waals surface area contributed by atoms with Gasteiger partial charge in [0.2, 0.25) is 5.91 Å². The van der Waals surface area contributed by atoms with Crippen molar-refractivity contribution in [2.24, 2.45) is 0 Å². The van der Waals surface area contributed by atoms with Crippen LogP contribution >= 0.6 is 0 Å². The van der Waals surface area contributed by atoms with E-state index in [9.17, 15) is 14.4 Å². The lowest BCUT2D eigenvalue weighted by atomic mass is 10.2. The first-order valence-electron chi connectivity index (χ1n) is 5.13. The number of pyridine rings is 1. The van der Waals surface area contributed by atoms with Gasteiger partial charge >= 0.3 is 0 Å². The summed E-state index contributed by atoms with van der Waals surface area (Å²) in [5, 5.41) is 2.07. The molecule has 1 aromatic heterocycles. The Kier molecular flexibility index (Phi) is 2.60. The quantitative estimate of drug-likeness (QED) is 0.763. The first-order chi connectivity index (χ1) is 7.58. The van der Waals surface area contributed by atoms with Gasteiger partial charge in [-0.3, -0.25) is 19.7 Å². The van der Waals surface area contributed by atoms with Crippen LogP contribution in [0.3, 0.4) is 0 Å². The highest BCUT2D eigenvalue weighted by Gasteiger charge is 2.25. The summed E-state index contributed by atoms with van der Waals surface area (Å²) >= 11 is 0. The molecule has 84 valence electrons. The molecule has 0 aromatic carbocycles. The normalized spacial score (nSPS) is 14.6. The van der Waals surface area contributed by atoms with Gasteiger partial charge in [0.1, 0.15) is 5.56 Å². The number of carbonyl (C=O) groups excluding carboxylic acids is 2. The third kappa shape index (κ3) is 2.18. The third-order valence-corrected chi connectivity index (χ3v) is 2.48. The zero-order valence-electron chi connectivity index (χ0n) is 8.87. The number of aromatic amines is 1. The summed E-state index contributed by atoms with van der Waals surface area (Å²) < 4.78 is 0. The fourth-order valence-electron chi connectivity index (χ4n) is 1.53. The topological polar surface area (TPSA) is 79.0 Å². The van der Waals surface area contributed by atoms with Crippen LogP contribution in [0.25, 0.3) is 0 Å². The van der Waals surface area contributed by atoms with Crippen LogP contribution in [-0.4, -0.2) is 16.8 Å². The first-order valence-corrected chi connectivity index (χ1v) is 5.13. The van der Waals surface area contributed by atoms with Gasteiger partial charge in [0.05, 0.1) is 0 Å². The molecule has 5 heteroatoms. The predicted molar refractivity (Wildman–Crippen MR) is 57.2 cm³/mol. The molecule has 0 radical (unpaired) electrons. The van der Waals surface area contributed by atoms with Gasteiger partial charge in [0.15, 0.2) is 0 Å². The van der Waals surface area contributed by atoms with Crippen LogP contribution in [0.15, 0.2) is 16.9 Å². The van der Waals surface area contributed by atoms with Crippen LogP contribution in [0.4, 0.5) is 0 Å². The van der Waals surface area contributed by atoms with Crippen molar-refractivity contribution in [1.29, 1.82) is 0 Å². The molecule has 1 aromatic rings. The van der Waals surface area contributed by atoms with Crippen molar-refractivity contribution >= 4 is 11.8 Å². The lowest BCUT2D eigenvalue weighted by Crippen LogP contribution is -2.32. The Bertz CT molecular complexity index is 500. The minimum Gasteiger partial charge on any atom is -0.325 e. The summed E-state index contributed by atoms with van der Waals surface area (Å²) in [6, 6.07) is 3.19. The Morgan fingerprint density at radius 1 is 1.38 bits per heavy atom. The maximum atomic E-state index is 11.6. The number of hydrogen-bond donors (Lipinski definition) is 2. The highest BCUT2D eigenvalue weighted by atomic mass is 16.2. The molecule has 1 fully saturated rings. The molecule has 0 atom stereocenters. The number of rotatable bonds is 2. The van der Waals surface area contributed by atoms with E-state index < -0.39 is 17.4 Å². The highest BCUT2D eigenvalue weighted by molar-refractivity contribution is 6.03. The van der Waals surface area contributed by atoms with E-state index in [1.165, 1.54) is 13.0 Å². The first kappa shape index (κ1) is 10.6. The van der Waals surface area contributed by atoms with Gasteiger partial charge in [0, 0.05) is 12.6 Å². The number of carbonyl (C=O) groups is 2. The highest BCUT2D eigenvalue weighted by Crippen LogP contribution is 2.38. The summed E-state index contributed by atoms with van der Waals surface area (Å²) in [4.78, 5) is 36.3. The van der Waals surface area contributed by atoms with E-state index in [4.69, 9.17) is 0 Å². The number of hydrogen-bond acceptors (Lipinski definition) is 3. The average Bonchev–Trinajstić information content (AvgIpc) is 2.99. The van der Waals surface area contributed by atoms with Crippen molar-refractivity contribution in [3.05, 3.63) is 33.7 Å². The van der Waals surface area contributed by atoms with Crippen LogP contribution in [0, 0.1) is 0 Å². The smallest absolute Gasteiger partial charge is 0.263 e. The molecule has 0 spiro atoms. The summed E-state index contributed by atoms with van der Waals surface area (Å²) in [5.41, 5.74) is 0.395. The van der Waals surface area contributed by atoms with Crippen LogP contribution < -0.4 is 10.9 Å². The molecular formula is C11H12N2O3. The molecule has 1 heterocycles. The molecule has 1 aliphatic carbocycles. The van der Waals surface area contributed by atoms with Crippen LogP contribution in [0.2, 0.25) is 0 Å². The Hall–Kier alpha value is -1.91. The van der Waals surface area contributed by atoms with E-state index in [1.54, 1.807) is 6.07 Å². The van der Waals surface area contributed by atoms with Crippen molar-refractivity contribution < 1.29 is 9.59 Å². The zero-order valence-corrected chi connectivity index (χ0v) is 8.87. The Morgan fingerprint density at radius 3 is 2.56 bits per heavy atom. The lowest BCUT2D eigenvalue weighted by Gasteiger charge is -2.02. The zero-order chi connectivity index (χ0) is 11.7. The van der Waals surface area contributed by atoms with E-state index in [1.807, 2.05) is 0 Å². The van der Waals surface area contributed by atoms with E-state index in [0.717, 1.165) is 18.5 Å². The largest absolute Gasteiger partial charge is 0.325 e. The van der Waals surface area contributed by atoms with Gasteiger partial charge in [-0.15, -0.1) is 0 Å². The lowest BCUT2D eigenvalue weighted by molar-refractivity contribution is -0.118. The number of H-pyrrole nitrogens is 1. The molecule has 0 bridgehead atoms. The predicted octanol–water partition coefficient (Wildman–Crippen LogP) is 0.529. The van der Waals surface area contributed by atoms with Gasteiger partial charge in [-0.1, -0.05) is 0 Å². The second-order valence-corrected chi connectivity index (χ2v) is 3.94. The van der Waals surface area contributed by atoms with E-state index in [0.29, 0.717) is 5.92 Å². The van der Waals surface area contributed by atoms with E-state index >= 15 is 0 Å². The summed E-state index contributed by atoms with van der Waals surface area (Å²) in [6.07, 6.45) is 2.16. The molecular weight excluding hydrogens is 208 g/mol. The standard InChI is InChI=1S/C11H12N2O3/c1-6(14)12-10(15)8-4-5-9(7-2-3-7)13-11(8)16/h4-5,7H,2-3H2,1H3,(H,13,16)(H,12,14,15). The number of amides is 2. The van der Waals surface area contributed by atoms with Crippen molar-refractivity contribution in [2.45, 2.75) is 25.7 Å². The molecule has 1 saturated carbocycles. The van der Waals surface area contributed by atoms with Gasteiger partial charge in [-0.2, -0.15) is 0 Å². The minimum atomic E-state index is -0.656. The van der Waals surface area contributed by atoms with Crippen molar-refractivity contribution in [3.8, 4) is 0 Å². The average molecular weight is 220 g/mol. The molecule has 0 aliphatic heterocycles. The van der Waals surface area contributed by atoms with E-state index in [-0.39, 0.29) is 5.56 Å². The van der Waals surface area contributed by atoms with E-state index in [2.05, 4.69) is 10.3 Å². The number of nitrogens with one attached hydrogen (secondary N) is 2. The molecule has 0 saturated heterocycles. The molecule has 16 heavy (non-hydrogen) atoms. The SMILES string of the molecule is CC(=O)NC(=O)c1ccc(C2CC2)[nH]c1=O. The maximum Gasteiger partial charge on any atom is 0.263 e. The van der Waals surface area contributed by atoms with Crippen molar-refractivity contribution in [2.75, 3.05) is 0 Å². The number of aromatic nitrogens is 1. The van der Waals surface area contributed by atoms with Gasteiger partial charge in [-0.25, -0.2) is 0 Å². The van der Waals surface area contributed by atoms with Gasteiger partial charge in [0.25, 0.3) is 11.5 Å². The maximum absolute atomic E-state index is 11.6. The van der Waals surface area contributed by atoms with Crippen molar-refractivity contribution in [1.82, 2.24) is 10.3 Å². The number of imide groups is 1. The molecule has 0 unspecified atom stereocenters. The monoisotopic (exact) mass is 220 g/mol. The van der Waals surface area contributed by atoms with Crippen molar-refractivity contribution in [3.63, 3.8) is 0 Å². The van der Waals surface area contributed by atoms with Gasteiger partial charge in [-0.05, 0) is 30.9 Å². The van der Waals surface area contributed by atoms with Crippen LogP contribution in [-0.2, 0) is 4.79 Å². The Morgan fingerprint density at radius 2 is 2.06 bits per heavy atom. The molecule has 2 rings (SSSR count). The van der Waals surface area contributed by atoms with Crippen LogP contribution in [0.5, 0.6) is 0 Å². The summed E-state index contributed by atoms with van der Waals surface area (Å²) in [6.45, 7) is 1.23. The molecule has 5 nitrogen and oxygen atoms in total. The second kappa shape index (κ2) is 3.92. The van der Waals surface area contributed by atoms with Gasteiger partial charge < -0.3 is 4.98 Å². The molecule has 1 aliphatic rings. The fraction of sp³-hybridized carbons (Fsp3) is 0.364.